The van der Waals surface area contributed by atoms with Crippen LogP contribution < -0.4 is 0 Å². The minimum absolute atomic E-state index is 0.682. The summed E-state index contributed by atoms with van der Waals surface area (Å²) in [6.07, 6.45) is 3.67. The van der Waals surface area contributed by atoms with Crippen LogP contribution in [0.4, 0.5) is 0 Å². The number of aromatic nitrogens is 4. The summed E-state index contributed by atoms with van der Waals surface area (Å²) in [5.41, 5.74) is 4.98. The van der Waals surface area contributed by atoms with E-state index in [1.807, 2.05) is 33.2 Å². The van der Waals surface area contributed by atoms with Crippen molar-refractivity contribution >= 4 is 16.5 Å². The first kappa shape index (κ1) is 12.5. The molecule has 3 heterocycles. The summed E-state index contributed by atoms with van der Waals surface area (Å²) in [7, 11) is 2.04. The van der Waals surface area contributed by atoms with Crippen molar-refractivity contribution in [3.63, 3.8) is 0 Å². The molecule has 0 fully saturated rings. The Labute approximate surface area is 117 Å². The Bertz CT molecular complexity index is 814. The lowest BCUT2D eigenvalue weighted by molar-refractivity contribution is 0.961. The zero-order chi connectivity index (χ0) is 14.3. The summed E-state index contributed by atoms with van der Waals surface area (Å²) in [4.78, 5) is 13.1. The van der Waals surface area contributed by atoms with Gasteiger partial charge in [-0.05, 0) is 37.6 Å². The van der Waals surface area contributed by atoms with Crippen molar-refractivity contribution in [2.75, 3.05) is 0 Å². The molecule has 0 aliphatic heterocycles. The molecule has 0 aliphatic carbocycles. The van der Waals surface area contributed by atoms with E-state index in [9.17, 15) is 0 Å². The molecule has 0 saturated heterocycles. The van der Waals surface area contributed by atoms with Gasteiger partial charge in [0.25, 0.3) is 0 Å². The lowest BCUT2D eigenvalue weighted by atomic mass is 10.2. The van der Waals surface area contributed by atoms with Crippen LogP contribution in [0, 0.1) is 6.92 Å². The highest BCUT2D eigenvalue weighted by atomic mass is 15.0. The first-order valence-electron chi connectivity index (χ1n) is 6.47. The second-order valence-electron chi connectivity index (χ2n) is 5.02. The number of allylic oxidation sites excluding steroid dienone is 1. The number of rotatable bonds is 2. The highest BCUT2D eigenvalue weighted by molar-refractivity contribution is 5.86. The molecule has 3 aromatic rings. The van der Waals surface area contributed by atoms with Crippen LogP contribution >= 0.6 is 0 Å². The quantitative estimate of drug-likeness (QED) is 0.712. The smallest absolute Gasteiger partial charge is 0.154 e. The Hall–Kier alpha value is -2.49. The fraction of sp³-hybridized carbons (Fsp3) is 0.188. The van der Waals surface area contributed by atoms with Crippen molar-refractivity contribution in [2.24, 2.45) is 7.05 Å². The molecule has 0 radical (unpaired) electrons. The second-order valence-corrected chi connectivity index (χ2v) is 5.02. The molecular formula is C16H16N4. The standard InChI is InChI=1S/C16H16N4/c1-10(2)16-17-6-5-13(19-16)15-8-12-9-18-11(3)7-14(12)20(15)4/h5-9H,1H2,2-4H3. The van der Waals surface area contributed by atoms with Crippen LogP contribution in [0.3, 0.4) is 0 Å². The van der Waals surface area contributed by atoms with E-state index in [0.717, 1.165) is 33.6 Å². The van der Waals surface area contributed by atoms with Crippen LogP contribution in [0.15, 0.2) is 37.2 Å². The molecule has 0 spiro atoms. The van der Waals surface area contributed by atoms with E-state index in [1.54, 1.807) is 6.20 Å². The van der Waals surface area contributed by atoms with E-state index in [2.05, 4.69) is 38.2 Å². The zero-order valence-electron chi connectivity index (χ0n) is 11.9. The molecule has 0 amide bonds. The van der Waals surface area contributed by atoms with Crippen LogP contribution in [-0.4, -0.2) is 19.5 Å². The molecule has 20 heavy (non-hydrogen) atoms. The van der Waals surface area contributed by atoms with Gasteiger partial charge in [0.2, 0.25) is 0 Å². The third-order valence-corrected chi connectivity index (χ3v) is 3.36. The van der Waals surface area contributed by atoms with E-state index >= 15 is 0 Å². The second kappa shape index (κ2) is 4.56. The molecule has 0 aliphatic rings. The van der Waals surface area contributed by atoms with Crippen molar-refractivity contribution in [2.45, 2.75) is 13.8 Å². The summed E-state index contributed by atoms with van der Waals surface area (Å²) in [6, 6.07) is 6.10. The molecule has 4 nitrogen and oxygen atoms in total. The van der Waals surface area contributed by atoms with Gasteiger partial charge >= 0.3 is 0 Å². The monoisotopic (exact) mass is 264 g/mol. The number of fused-ring (bicyclic) bond motifs is 1. The van der Waals surface area contributed by atoms with Gasteiger partial charge in [-0.2, -0.15) is 0 Å². The van der Waals surface area contributed by atoms with E-state index in [0.29, 0.717) is 5.82 Å². The van der Waals surface area contributed by atoms with Gasteiger partial charge < -0.3 is 4.57 Å². The summed E-state index contributed by atoms with van der Waals surface area (Å²) in [5.74, 6) is 0.682. The fourth-order valence-corrected chi connectivity index (χ4v) is 2.28. The van der Waals surface area contributed by atoms with Crippen LogP contribution in [0.2, 0.25) is 0 Å². The Balaban J connectivity index is 2.22. The molecule has 4 heteroatoms. The normalized spacial score (nSPS) is 10.9. The van der Waals surface area contributed by atoms with Gasteiger partial charge in [-0.15, -0.1) is 0 Å². The Morgan fingerprint density at radius 1 is 1.25 bits per heavy atom. The molecule has 0 atom stereocenters. The molecule has 100 valence electrons. The maximum absolute atomic E-state index is 4.57. The predicted octanol–water partition coefficient (Wildman–Crippen LogP) is 3.37. The number of aryl methyl sites for hydroxylation is 2. The number of hydrogen-bond donors (Lipinski definition) is 0. The molecule has 0 bridgehead atoms. The number of hydrogen-bond acceptors (Lipinski definition) is 3. The summed E-state index contributed by atoms with van der Waals surface area (Å²) >= 11 is 0. The van der Waals surface area contributed by atoms with Crippen molar-refractivity contribution in [1.82, 2.24) is 19.5 Å². The van der Waals surface area contributed by atoms with Crippen LogP contribution in [0.1, 0.15) is 18.4 Å². The SMILES string of the molecule is C=C(C)c1nccc(-c2cc3cnc(C)cc3n2C)n1. The maximum Gasteiger partial charge on any atom is 0.154 e. The van der Waals surface area contributed by atoms with Crippen LogP contribution in [0.25, 0.3) is 27.9 Å². The predicted molar refractivity (Wildman–Crippen MR) is 81.2 cm³/mol. The van der Waals surface area contributed by atoms with E-state index in [-0.39, 0.29) is 0 Å². The van der Waals surface area contributed by atoms with Gasteiger partial charge in [0.05, 0.1) is 16.9 Å². The van der Waals surface area contributed by atoms with Gasteiger partial charge in [-0.1, -0.05) is 6.58 Å². The van der Waals surface area contributed by atoms with Gasteiger partial charge in [-0.3, -0.25) is 4.98 Å². The van der Waals surface area contributed by atoms with Crippen molar-refractivity contribution in [3.05, 3.63) is 48.7 Å². The average molecular weight is 264 g/mol. The molecule has 0 aromatic carbocycles. The van der Waals surface area contributed by atoms with Crippen LogP contribution in [-0.2, 0) is 7.05 Å². The van der Waals surface area contributed by atoms with E-state index in [1.165, 1.54) is 0 Å². The van der Waals surface area contributed by atoms with Crippen molar-refractivity contribution in [3.8, 4) is 11.4 Å². The molecule has 3 aromatic heterocycles. The van der Waals surface area contributed by atoms with E-state index in [4.69, 9.17) is 0 Å². The molecule has 0 saturated carbocycles. The van der Waals surface area contributed by atoms with Gasteiger partial charge in [-0.25, -0.2) is 9.97 Å². The Morgan fingerprint density at radius 3 is 2.80 bits per heavy atom. The zero-order valence-corrected chi connectivity index (χ0v) is 11.9. The first-order valence-corrected chi connectivity index (χ1v) is 6.47. The minimum atomic E-state index is 0.682. The van der Waals surface area contributed by atoms with Crippen LogP contribution in [0.5, 0.6) is 0 Å². The Morgan fingerprint density at radius 2 is 2.05 bits per heavy atom. The Kier molecular flexibility index (Phi) is 2.86. The van der Waals surface area contributed by atoms with Crippen molar-refractivity contribution in [1.29, 1.82) is 0 Å². The maximum atomic E-state index is 4.57. The third kappa shape index (κ3) is 1.99. The van der Waals surface area contributed by atoms with Gasteiger partial charge in [0, 0.05) is 30.5 Å². The molecule has 3 rings (SSSR count). The lowest BCUT2D eigenvalue weighted by Gasteiger charge is -2.05. The number of nitrogens with zero attached hydrogens (tertiary/aromatic N) is 4. The summed E-state index contributed by atoms with van der Waals surface area (Å²) in [6.45, 7) is 7.80. The van der Waals surface area contributed by atoms with Crippen molar-refractivity contribution < 1.29 is 0 Å². The summed E-state index contributed by atoms with van der Waals surface area (Å²) < 4.78 is 2.13. The topological polar surface area (TPSA) is 43.6 Å². The molecular weight excluding hydrogens is 248 g/mol. The molecule has 0 N–H and O–H groups in total. The number of pyridine rings is 1. The highest BCUT2D eigenvalue weighted by Gasteiger charge is 2.10. The van der Waals surface area contributed by atoms with Gasteiger partial charge in [0.1, 0.15) is 0 Å². The van der Waals surface area contributed by atoms with Gasteiger partial charge in [0.15, 0.2) is 5.82 Å². The third-order valence-electron chi connectivity index (χ3n) is 3.36. The molecule has 0 unspecified atom stereocenters. The fourth-order valence-electron chi connectivity index (χ4n) is 2.28. The highest BCUT2D eigenvalue weighted by Crippen LogP contribution is 2.26. The minimum Gasteiger partial charge on any atom is -0.342 e. The first-order chi connectivity index (χ1) is 9.56. The lowest BCUT2D eigenvalue weighted by Crippen LogP contribution is -1.97. The largest absolute Gasteiger partial charge is 0.342 e. The van der Waals surface area contributed by atoms with E-state index < -0.39 is 0 Å². The average Bonchev–Trinajstić information content (AvgIpc) is 2.76. The summed E-state index contributed by atoms with van der Waals surface area (Å²) in [5, 5.41) is 1.11.